The fraction of sp³-hybridized carbons (Fsp3) is 0.800. The summed E-state index contributed by atoms with van der Waals surface area (Å²) in [6, 6.07) is 0. The topological polar surface area (TPSA) is 110 Å². The minimum Gasteiger partial charge on any atom is -0.462 e. The predicted octanol–water partition coefficient (Wildman–Crippen LogP) is 2.81. The molecule has 0 amide bonds. The Balaban J connectivity index is 1.72. The monoisotopic (exact) mass is 466 g/mol. The maximum absolute atomic E-state index is 17.1. The van der Waals surface area contributed by atoms with E-state index in [-0.39, 0.29) is 37.6 Å². The molecule has 0 aromatic rings. The molecular weight excluding hydrogens is 431 g/mol. The first-order valence-corrected chi connectivity index (χ1v) is 11.9. The minimum atomic E-state index is -1.92. The van der Waals surface area contributed by atoms with Gasteiger partial charge in [0, 0.05) is 37.0 Å². The zero-order valence-corrected chi connectivity index (χ0v) is 19.9. The van der Waals surface area contributed by atoms with Gasteiger partial charge in [0.25, 0.3) is 0 Å². The molecule has 3 saturated carbocycles. The van der Waals surface area contributed by atoms with E-state index in [9.17, 15) is 24.6 Å². The summed E-state index contributed by atoms with van der Waals surface area (Å²) in [6.07, 6.45) is 1.49. The fourth-order valence-electron chi connectivity index (χ4n) is 7.80. The van der Waals surface area contributed by atoms with E-state index in [2.05, 4.69) is 0 Å². The van der Waals surface area contributed by atoms with Gasteiger partial charge in [-0.05, 0) is 50.5 Å². The number of halogens is 1. The normalized spacial score (nSPS) is 45.2. The van der Waals surface area contributed by atoms with E-state index in [0.29, 0.717) is 25.7 Å². The van der Waals surface area contributed by atoms with Gasteiger partial charge in [0.1, 0.15) is 17.9 Å². The molecule has 3 fully saturated rings. The molecule has 8 heteroatoms. The highest BCUT2D eigenvalue weighted by Crippen LogP contribution is 2.70. The van der Waals surface area contributed by atoms with Crippen LogP contribution in [0.15, 0.2) is 11.6 Å². The summed E-state index contributed by atoms with van der Waals surface area (Å²) in [6.45, 7) is 5.81. The van der Waals surface area contributed by atoms with Crippen LogP contribution in [0, 0.1) is 22.7 Å². The third-order valence-electron chi connectivity index (χ3n) is 9.54. The number of fused-ring (bicyclic) bond motifs is 5. The first kappa shape index (κ1) is 24.3. The van der Waals surface area contributed by atoms with Crippen molar-refractivity contribution in [3.63, 3.8) is 0 Å². The van der Waals surface area contributed by atoms with Gasteiger partial charge in [0.15, 0.2) is 11.9 Å². The number of aliphatic hydroxyl groups excluding tert-OH is 1. The summed E-state index contributed by atoms with van der Waals surface area (Å²) in [5, 5.41) is 23.3. The Morgan fingerprint density at radius 1 is 1.15 bits per heavy atom. The van der Waals surface area contributed by atoms with Crippen molar-refractivity contribution in [1.29, 1.82) is 0 Å². The number of hydrogen-bond donors (Lipinski definition) is 2. The van der Waals surface area contributed by atoms with Gasteiger partial charge in [-0.15, -0.1) is 0 Å². The first-order chi connectivity index (χ1) is 15.3. The van der Waals surface area contributed by atoms with E-state index >= 15 is 4.39 Å². The number of rotatable bonds is 4. The van der Waals surface area contributed by atoms with Crippen LogP contribution in [-0.2, 0) is 23.9 Å². The highest BCUT2D eigenvalue weighted by atomic mass is 19.1. The summed E-state index contributed by atoms with van der Waals surface area (Å²) in [4.78, 5) is 35.3. The molecule has 8 atom stereocenters. The van der Waals surface area contributed by atoms with Crippen molar-refractivity contribution in [3.05, 3.63) is 11.6 Å². The SMILES string of the molecule is CC(=O)OCC(OC(C)=O)C1(O)CCC2C3CCC4=CC(=O)CCC4(C)C3(F)C(O)CC21C. The third kappa shape index (κ3) is 3.31. The number of allylic oxidation sites excluding steroid dienone is 1. The summed E-state index contributed by atoms with van der Waals surface area (Å²) in [5.41, 5.74) is -4.60. The highest BCUT2D eigenvalue weighted by molar-refractivity contribution is 5.91. The molecular formula is C25H35FO7. The number of carbonyl (C=O) groups excluding carboxylic acids is 3. The molecule has 184 valence electrons. The summed E-state index contributed by atoms with van der Waals surface area (Å²) in [5.74, 6) is -1.95. The van der Waals surface area contributed by atoms with Gasteiger partial charge < -0.3 is 19.7 Å². The van der Waals surface area contributed by atoms with Crippen LogP contribution in [0.3, 0.4) is 0 Å². The van der Waals surface area contributed by atoms with Crippen molar-refractivity contribution >= 4 is 17.7 Å². The zero-order chi connectivity index (χ0) is 24.4. The van der Waals surface area contributed by atoms with Crippen molar-refractivity contribution in [2.75, 3.05) is 6.61 Å². The van der Waals surface area contributed by atoms with Crippen molar-refractivity contribution < 1.29 is 38.5 Å². The van der Waals surface area contributed by atoms with E-state index in [4.69, 9.17) is 9.47 Å². The molecule has 4 aliphatic carbocycles. The lowest BCUT2D eigenvalue weighted by molar-refractivity contribution is -0.248. The molecule has 0 bridgehead atoms. The number of esters is 2. The average molecular weight is 467 g/mol. The minimum absolute atomic E-state index is 0.00426. The Morgan fingerprint density at radius 2 is 1.85 bits per heavy atom. The lowest BCUT2D eigenvalue weighted by Gasteiger charge is -2.64. The van der Waals surface area contributed by atoms with Gasteiger partial charge in [-0.3, -0.25) is 14.4 Å². The molecule has 0 saturated heterocycles. The molecule has 0 aromatic heterocycles. The van der Waals surface area contributed by atoms with Gasteiger partial charge in [0.2, 0.25) is 0 Å². The summed E-state index contributed by atoms with van der Waals surface area (Å²) < 4.78 is 27.7. The van der Waals surface area contributed by atoms with Crippen LogP contribution in [0.1, 0.15) is 72.6 Å². The Kier molecular flexibility index (Phi) is 5.80. The average Bonchev–Trinajstić information content (AvgIpc) is 2.98. The Labute approximate surface area is 193 Å². The van der Waals surface area contributed by atoms with E-state index in [1.807, 2.05) is 13.8 Å². The van der Waals surface area contributed by atoms with Crippen molar-refractivity contribution in [1.82, 2.24) is 0 Å². The van der Waals surface area contributed by atoms with Crippen molar-refractivity contribution in [3.8, 4) is 0 Å². The Bertz CT molecular complexity index is 901. The molecule has 33 heavy (non-hydrogen) atoms. The molecule has 0 aromatic carbocycles. The van der Waals surface area contributed by atoms with Gasteiger partial charge >= 0.3 is 11.9 Å². The van der Waals surface area contributed by atoms with E-state index < -0.39 is 52.2 Å². The third-order valence-corrected chi connectivity index (χ3v) is 9.54. The zero-order valence-electron chi connectivity index (χ0n) is 19.9. The smallest absolute Gasteiger partial charge is 0.303 e. The van der Waals surface area contributed by atoms with Crippen LogP contribution in [-0.4, -0.2) is 58.0 Å². The lowest BCUT2D eigenvalue weighted by atomic mass is 9.43. The quantitative estimate of drug-likeness (QED) is 0.613. The van der Waals surface area contributed by atoms with Crippen LogP contribution < -0.4 is 0 Å². The second kappa shape index (κ2) is 7.87. The lowest BCUT2D eigenvalue weighted by Crippen LogP contribution is -2.70. The maximum atomic E-state index is 17.1. The fourth-order valence-corrected chi connectivity index (χ4v) is 7.80. The molecule has 0 radical (unpaired) electrons. The molecule has 0 heterocycles. The van der Waals surface area contributed by atoms with E-state index in [1.165, 1.54) is 13.8 Å². The molecule has 0 aliphatic heterocycles. The van der Waals surface area contributed by atoms with Crippen LogP contribution in [0.2, 0.25) is 0 Å². The predicted molar refractivity (Wildman–Crippen MR) is 116 cm³/mol. The number of ketones is 1. The Hall–Kier alpha value is -1.80. The first-order valence-electron chi connectivity index (χ1n) is 11.9. The molecule has 7 nitrogen and oxygen atoms in total. The maximum Gasteiger partial charge on any atom is 0.303 e. The van der Waals surface area contributed by atoms with Crippen LogP contribution >= 0.6 is 0 Å². The summed E-state index contributed by atoms with van der Waals surface area (Å²) >= 11 is 0. The van der Waals surface area contributed by atoms with Crippen LogP contribution in [0.25, 0.3) is 0 Å². The van der Waals surface area contributed by atoms with Gasteiger partial charge in [-0.1, -0.05) is 19.4 Å². The molecule has 4 rings (SSSR count). The number of hydrogen-bond acceptors (Lipinski definition) is 7. The summed E-state index contributed by atoms with van der Waals surface area (Å²) in [7, 11) is 0. The van der Waals surface area contributed by atoms with Crippen molar-refractivity contribution in [2.24, 2.45) is 22.7 Å². The van der Waals surface area contributed by atoms with E-state index in [0.717, 1.165) is 5.57 Å². The number of aliphatic hydroxyl groups is 2. The van der Waals surface area contributed by atoms with Crippen LogP contribution in [0.5, 0.6) is 0 Å². The second-order valence-corrected chi connectivity index (χ2v) is 11.0. The second-order valence-electron chi connectivity index (χ2n) is 11.0. The molecule has 4 aliphatic rings. The number of alkyl halides is 1. The number of ether oxygens (including phenoxy) is 2. The largest absolute Gasteiger partial charge is 0.462 e. The molecule has 8 unspecified atom stereocenters. The van der Waals surface area contributed by atoms with Gasteiger partial charge in [-0.25, -0.2) is 4.39 Å². The number of carbonyl (C=O) groups is 3. The standard InChI is InChI=1S/C25H35FO7/c1-14(27)32-13-21(33-15(2)28)24(31)10-8-18-19-6-5-16-11-17(29)7-9-22(16,3)25(19,26)20(30)12-23(18,24)4/h11,18-21,30-31H,5-10,12-13H2,1-4H3. The molecule has 0 spiro atoms. The van der Waals surface area contributed by atoms with Crippen LogP contribution in [0.4, 0.5) is 4.39 Å². The molecule has 2 N–H and O–H groups in total. The van der Waals surface area contributed by atoms with Gasteiger partial charge in [0.05, 0.1) is 6.10 Å². The highest BCUT2D eigenvalue weighted by Gasteiger charge is 2.74. The van der Waals surface area contributed by atoms with Crippen molar-refractivity contribution in [2.45, 2.75) is 96.1 Å². The van der Waals surface area contributed by atoms with Gasteiger partial charge in [-0.2, -0.15) is 0 Å². The Morgan fingerprint density at radius 3 is 2.48 bits per heavy atom. The van der Waals surface area contributed by atoms with E-state index in [1.54, 1.807) is 6.08 Å².